The zero-order valence-corrected chi connectivity index (χ0v) is 14.0. The molecule has 0 unspecified atom stereocenters. The first-order valence-electron chi connectivity index (χ1n) is 7.66. The Hall–Kier alpha value is -2.43. The molecular weight excluding hydrogens is 290 g/mol. The molecule has 2 rings (SSSR count). The Balaban J connectivity index is 2.18. The number of hydrogen-bond donors (Lipinski definition) is 1. The van der Waals surface area contributed by atoms with E-state index in [0.717, 1.165) is 11.3 Å². The maximum Gasteiger partial charge on any atom is 0.329 e. The Morgan fingerprint density at radius 3 is 2.52 bits per heavy atom. The molecule has 0 fully saturated rings. The van der Waals surface area contributed by atoms with Crippen LogP contribution in [0.2, 0.25) is 0 Å². The summed E-state index contributed by atoms with van der Waals surface area (Å²) in [5.41, 5.74) is 1.34. The Labute approximate surface area is 137 Å². The molecule has 0 saturated heterocycles. The van der Waals surface area contributed by atoms with E-state index in [1.54, 1.807) is 6.20 Å². The molecule has 1 atom stereocenters. The molecule has 2 aromatic rings. The molecule has 0 spiro atoms. The summed E-state index contributed by atoms with van der Waals surface area (Å²) in [4.78, 5) is 21.0. The number of carbonyl (C=O) groups is 1. The lowest BCUT2D eigenvalue weighted by Gasteiger charge is -2.24. The van der Waals surface area contributed by atoms with Crippen molar-refractivity contribution in [1.82, 2.24) is 9.97 Å². The van der Waals surface area contributed by atoms with Crippen LogP contribution in [0.3, 0.4) is 0 Å². The third-order valence-corrected chi connectivity index (χ3v) is 3.07. The number of nitrogens with one attached hydrogen (secondary N) is 1. The highest BCUT2D eigenvalue weighted by Gasteiger charge is 2.26. The average Bonchev–Trinajstić information content (AvgIpc) is 2.46. The maximum atomic E-state index is 12.5. The molecule has 0 bridgehead atoms. The van der Waals surface area contributed by atoms with Gasteiger partial charge in [0.2, 0.25) is 5.95 Å². The van der Waals surface area contributed by atoms with Crippen LogP contribution in [0.4, 0.5) is 5.95 Å². The summed E-state index contributed by atoms with van der Waals surface area (Å²) < 4.78 is 5.52. The predicted octanol–water partition coefficient (Wildman–Crippen LogP) is 3.15. The van der Waals surface area contributed by atoms with Crippen molar-refractivity contribution >= 4 is 11.9 Å². The van der Waals surface area contributed by atoms with Crippen molar-refractivity contribution in [3.05, 3.63) is 53.9 Å². The first-order valence-corrected chi connectivity index (χ1v) is 7.66. The lowest BCUT2D eigenvalue weighted by Crippen LogP contribution is -2.38. The molecule has 1 aromatic carbocycles. The Bertz CT molecular complexity index is 651. The summed E-state index contributed by atoms with van der Waals surface area (Å²) in [5.74, 6) is 0.114. The normalized spacial score (nSPS) is 12.5. The fraction of sp³-hybridized carbons (Fsp3) is 0.389. The largest absolute Gasteiger partial charge is 0.458 e. The summed E-state index contributed by atoms with van der Waals surface area (Å²) in [5, 5.41) is 3.09. The number of hydrogen-bond acceptors (Lipinski definition) is 5. The van der Waals surface area contributed by atoms with Gasteiger partial charge < -0.3 is 10.1 Å². The van der Waals surface area contributed by atoms with Gasteiger partial charge in [-0.3, -0.25) is 0 Å². The summed E-state index contributed by atoms with van der Waals surface area (Å²) >= 11 is 0. The number of carbonyl (C=O) groups excluding carboxylic acids is 1. The predicted molar refractivity (Wildman–Crippen MR) is 90.2 cm³/mol. The van der Waals surface area contributed by atoms with E-state index in [-0.39, 0.29) is 5.97 Å². The number of nitrogens with zero attached hydrogens (tertiary/aromatic N) is 2. The molecule has 5 nitrogen and oxygen atoms in total. The fourth-order valence-electron chi connectivity index (χ4n) is 2.09. The lowest BCUT2D eigenvalue weighted by atomic mass is 10.1. The van der Waals surface area contributed by atoms with E-state index < -0.39 is 11.6 Å². The summed E-state index contributed by atoms with van der Waals surface area (Å²) in [6, 6.07) is 11.1. The van der Waals surface area contributed by atoms with Crippen molar-refractivity contribution in [2.24, 2.45) is 0 Å². The van der Waals surface area contributed by atoms with Crippen molar-refractivity contribution in [2.45, 2.75) is 45.8 Å². The minimum atomic E-state index is -0.543. The SMILES string of the molecule is Cc1ccnc(N[C@@H](Cc2ccccc2)C(=O)OC(C)(C)C)n1. The molecule has 0 aliphatic heterocycles. The van der Waals surface area contributed by atoms with Crippen LogP contribution in [0.5, 0.6) is 0 Å². The zero-order chi connectivity index (χ0) is 16.9. The highest BCUT2D eigenvalue weighted by molar-refractivity contribution is 5.79. The third kappa shape index (κ3) is 5.70. The summed E-state index contributed by atoms with van der Waals surface area (Å²) in [6.45, 7) is 7.45. The fourth-order valence-corrected chi connectivity index (χ4v) is 2.09. The minimum Gasteiger partial charge on any atom is -0.458 e. The number of benzene rings is 1. The van der Waals surface area contributed by atoms with Crippen LogP contribution in [0.25, 0.3) is 0 Å². The molecule has 23 heavy (non-hydrogen) atoms. The molecule has 0 amide bonds. The van der Waals surface area contributed by atoms with Crippen molar-refractivity contribution in [3.63, 3.8) is 0 Å². The second-order valence-electron chi connectivity index (χ2n) is 6.44. The molecule has 122 valence electrons. The van der Waals surface area contributed by atoms with E-state index in [4.69, 9.17) is 4.74 Å². The Morgan fingerprint density at radius 2 is 1.91 bits per heavy atom. The van der Waals surface area contributed by atoms with E-state index >= 15 is 0 Å². The van der Waals surface area contributed by atoms with Crippen molar-refractivity contribution in [2.75, 3.05) is 5.32 Å². The molecule has 1 N–H and O–H groups in total. The number of ether oxygens (including phenoxy) is 1. The summed E-state index contributed by atoms with van der Waals surface area (Å²) in [7, 11) is 0. The molecular formula is C18H23N3O2. The van der Waals surface area contributed by atoms with E-state index in [0.29, 0.717) is 12.4 Å². The number of aromatic nitrogens is 2. The van der Waals surface area contributed by atoms with E-state index in [1.807, 2.05) is 64.1 Å². The van der Waals surface area contributed by atoms with Gasteiger partial charge in [0.15, 0.2) is 0 Å². The second-order valence-corrected chi connectivity index (χ2v) is 6.44. The van der Waals surface area contributed by atoms with Crippen LogP contribution < -0.4 is 5.32 Å². The van der Waals surface area contributed by atoms with Crippen LogP contribution in [0, 0.1) is 6.92 Å². The molecule has 0 aliphatic carbocycles. The van der Waals surface area contributed by atoms with Crippen LogP contribution >= 0.6 is 0 Å². The smallest absolute Gasteiger partial charge is 0.329 e. The van der Waals surface area contributed by atoms with Gasteiger partial charge in [0.1, 0.15) is 11.6 Å². The Kier molecular flexibility index (Phi) is 5.32. The number of aryl methyl sites for hydroxylation is 1. The first-order chi connectivity index (χ1) is 10.8. The van der Waals surface area contributed by atoms with Gasteiger partial charge in [0.05, 0.1) is 0 Å². The van der Waals surface area contributed by atoms with Gasteiger partial charge in [-0.1, -0.05) is 30.3 Å². The van der Waals surface area contributed by atoms with Gasteiger partial charge in [-0.25, -0.2) is 14.8 Å². The van der Waals surface area contributed by atoms with Gasteiger partial charge >= 0.3 is 5.97 Å². The van der Waals surface area contributed by atoms with Crippen LogP contribution in [-0.2, 0) is 16.0 Å². The van der Waals surface area contributed by atoms with Crippen LogP contribution in [0.1, 0.15) is 32.0 Å². The van der Waals surface area contributed by atoms with Crippen molar-refractivity contribution < 1.29 is 9.53 Å². The van der Waals surface area contributed by atoms with E-state index in [2.05, 4.69) is 15.3 Å². The third-order valence-electron chi connectivity index (χ3n) is 3.07. The summed E-state index contributed by atoms with van der Waals surface area (Å²) in [6.07, 6.45) is 2.17. The first kappa shape index (κ1) is 16.9. The van der Waals surface area contributed by atoms with Gasteiger partial charge in [-0.2, -0.15) is 0 Å². The second kappa shape index (κ2) is 7.22. The minimum absolute atomic E-state index is 0.313. The average molecular weight is 313 g/mol. The van der Waals surface area contributed by atoms with Crippen LogP contribution in [0.15, 0.2) is 42.6 Å². The Morgan fingerprint density at radius 1 is 1.22 bits per heavy atom. The monoisotopic (exact) mass is 313 g/mol. The highest BCUT2D eigenvalue weighted by Crippen LogP contribution is 2.14. The standard InChI is InChI=1S/C18H23N3O2/c1-13-10-11-19-17(20-13)21-15(16(22)23-18(2,3)4)12-14-8-6-5-7-9-14/h5-11,15H,12H2,1-4H3,(H,19,20,21)/t15-/m0/s1. The number of rotatable bonds is 5. The quantitative estimate of drug-likeness (QED) is 0.859. The number of anilines is 1. The van der Waals surface area contributed by atoms with Gasteiger partial charge in [-0.15, -0.1) is 0 Å². The van der Waals surface area contributed by atoms with Gasteiger partial charge in [0, 0.05) is 18.3 Å². The van der Waals surface area contributed by atoms with E-state index in [9.17, 15) is 4.79 Å². The van der Waals surface area contributed by atoms with Crippen molar-refractivity contribution in [3.8, 4) is 0 Å². The lowest BCUT2D eigenvalue weighted by molar-refractivity contribution is -0.155. The topological polar surface area (TPSA) is 64.1 Å². The van der Waals surface area contributed by atoms with E-state index in [1.165, 1.54) is 0 Å². The molecule has 1 aromatic heterocycles. The number of esters is 1. The van der Waals surface area contributed by atoms with Crippen molar-refractivity contribution in [1.29, 1.82) is 0 Å². The highest BCUT2D eigenvalue weighted by atomic mass is 16.6. The molecule has 5 heteroatoms. The maximum absolute atomic E-state index is 12.5. The zero-order valence-electron chi connectivity index (χ0n) is 14.0. The molecule has 1 heterocycles. The molecule has 0 saturated carbocycles. The molecule has 0 radical (unpaired) electrons. The molecule has 0 aliphatic rings. The van der Waals surface area contributed by atoms with Crippen LogP contribution in [-0.4, -0.2) is 27.6 Å². The van der Waals surface area contributed by atoms with Gasteiger partial charge in [-0.05, 0) is 39.3 Å². The van der Waals surface area contributed by atoms with Gasteiger partial charge in [0.25, 0.3) is 0 Å².